The number of amides is 1. The number of ether oxygens (including phenoxy) is 1. The van der Waals surface area contributed by atoms with Crippen LogP contribution in [0.25, 0.3) is 0 Å². The van der Waals surface area contributed by atoms with Crippen molar-refractivity contribution in [2.24, 2.45) is 0 Å². The van der Waals surface area contributed by atoms with Crippen LogP contribution in [0.2, 0.25) is 0 Å². The van der Waals surface area contributed by atoms with E-state index in [2.05, 4.69) is 9.97 Å². The summed E-state index contributed by atoms with van der Waals surface area (Å²) in [7, 11) is 1.37. The number of aryl methyl sites for hydroxylation is 1. The van der Waals surface area contributed by atoms with Crippen molar-refractivity contribution in [2.75, 3.05) is 18.6 Å². The number of rotatable bonds is 3. The summed E-state index contributed by atoms with van der Waals surface area (Å²) in [5.74, 6) is 0.292. The van der Waals surface area contributed by atoms with Crippen LogP contribution in [0.1, 0.15) is 45.6 Å². The number of carbonyl (C=O) groups is 2. The fraction of sp³-hybridized carbons (Fsp3) is 0.353. The van der Waals surface area contributed by atoms with Crippen molar-refractivity contribution in [3.05, 3.63) is 47.0 Å². The van der Waals surface area contributed by atoms with Gasteiger partial charge in [-0.25, -0.2) is 9.78 Å². The number of carbonyl (C=O) groups excluding carboxylic acids is 2. The molecular formula is C17H19N3O3. The maximum Gasteiger partial charge on any atom is 0.338 e. The number of nitrogens with zero attached hydrogens (tertiary/aromatic N) is 2. The number of H-pyrrole nitrogens is 1. The van der Waals surface area contributed by atoms with Crippen LogP contribution in [0, 0.1) is 0 Å². The molecule has 0 aliphatic carbocycles. The van der Waals surface area contributed by atoms with Gasteiger partial charge in [-0.3, -0.25) is 4.79 Å². The number of hydrogen-bond acceptors (Lipinski definition) is 4. The number of aromatic amines is 1. The molecule has 0 saturated heterocycles. The third-order valence-corrected chi connectivity index (χ3v) is 4.09. The first-order valence-corrected chi connectivity index (χ1v) is 7.71. The number of nitrogens with one attached hydrogen (secondary N) is 1. The largest absolute Gasteiger partial charge is 0.465 e. The van der Waals surface area contributed by atoms with Crippen molar-refractivity contribution in [1.82, 2.24) is 9.97 Å². The number of anilines is 1. The molecule has 0 bridgehead atoms. The number of esters is 1. The number of benzene rings is 1. The van der Waals surface area contributed by atoms with Gasteiger partial charge in [0.25, 0.3) is 5.91 Å². The zero-order chi connectivity index (χ0) is 16.4. The standard InChI is InChI=1S/C17H19N3O3/c1-3-15-18-10-13(19-15)16(21)20-9-5-7-11-12(17(22)23-2)6-4-8-14(11)20/h4,6,8,10H,3,5,7,9H2,1-2H3,(H,18,19). The van der Waals surface area contributed by atoms with Gasteiger partial charge in [-0.05, 0) is 30.5 Å². The van der Waals surface area contributed by atoms with E-state index in [0.717, 1.165) is 36.3 Å². The van der Waals surface area contributed by atoms with Crippen molar-refractivity contribution in [3.8, 4) is 0 Å². The molecule has 1 aromatic carbocycles. The molecule has 3 rings (SSSR count). The summed E-state index contributed by atoms with van der Waals surface area (Å²) in [6.07, 6.45) is 3.88. The topological polar surface area (TPSA) is 75.3 Å². The molecule has 1 aliphatic rings. The Morgan fingerprint density at radius 1 is 1.39 bits per heavy atom. The molecule has 6 heteroatoms. The first-order chi connectivity index (χ1) is 11.2. The number of methoxy groups -OCH3 is 1. The van der Waals surface area contributed by atoms with Crippen molar-refractivity contribution in [3.63, 3.8) is 0 Å². The molecule has 0 radical (unpaired) electrons. The van der Waals surface area contributed by atoms with Crippen molar-refractivity contribution >= 4 is 17.6 Å². The molecule has 2 heterocycles. The maximum absolute atomic E-state index is 12.8. The number of imidazole rings is 1. The Bertz CT molecular complexity index is 751. The van der Waals surface area contributed by atoms with Crippen LogP contribution in [-0.4, -0.2) is 35.5 Å². The molecule has 0 unspecified atom stereocenters. The summed E-state index contributed by atoms with van der Waals surface area (Å²) >= 11 is 0. The molecule has 120 valence electrons. The van der Waals surface area contributed by atoms with Crippen molar-refractivity contribution in [2.45, 2.75) is 26.2 Å². The van der Waals surface area contributed by atoms with E-state index in [1.165, 1.54) is 7.11 Å². The molecule has 6 nitrogen and oxygen atoms in total. The highest BCUT2D eigenvalue weighted by atomic mass is 16.5. The van der Waals surface area contributed by atoms with Gasteiger partial charge < -0.3 is 14.6 Å². The van der Waals surface area contributed by atoms with Gasteiger partial charge in [0.15, 0.2) is 0 Å². The van der Waals surface area contributed by atoms with E-state index in [1.807, 2.05) is 13.0 Å². The lowest BCUT2D eigenvalue weighted by molar-refractivity contribution is 0.0599. The molecule has 1 N–H and O–H groups in total. The van der Waals surface area contributed by atoms with Crippen LogP contribution in [0.5, 0.6) is 0 Å². The van der Waals surface area contributed by atoms with E-state index >= 15 is 0 Å². The van der Waals surface area contributed by atoms with Crippen molar-refractivity contribution < 1.29 is 14.3 Å². The Hall–Kier alpha value is -2.63. The lowest BCUT2D eigenvalue weighted by Gasteiger charge is -2.30. The van der Waals surface area contributed by atoms with Gasteiger partial charge in [-0.1, -0.05) is 13.0 Å². The van der Waals surface area contributed by atoms with Gasteiger partial charge in [0.05, 0.1) is 18.9 Å². The number of aromatic nitrogens is 2. The molecule has 2 aromatic rings. The lowest BCUT2D eigenvalue weighted by Crippen LogP contribution is -2.36. The average molecular weight is 313 g/mol. The molecule has 23 heavy (non-hydrogen) atoms. The second-order valence-electron chi connectivity index (χ2n) is 5.45. The first-order valence-electron chi connectivity index (χ1n) is 7.71. The quantitative estimate of drug-likeness (QED) is 0.883. The van der Waals surface area contributed by atoms with E-state index in [-0.39, 0.29) is 11.9 Å². The van der Waals surface area contributed by atoms with Gasteiger partial charge >= 0.3 is 5.97 Å². The third-order valence-electron chi connectivity index (χ3n) is 4.09. The Kier molecular flexibility index (Phi) is 4.14. The van der Waals surface area contributed by atoms with E-state index in [4.69, 9.17) is 4.74 Å². The molecule has 0 atom stereocenters. The first kappa shape index (κ1) is 15.3. The summed E-state index contributed by atoms with van der Waals surface area (Å²) in [5, 5.41) is 0. The van der Waals surface area contributed by atoms with E-state index in [9.17, 15) is 9.59 Å². The molecule has 0 fully saturated rings. The van der Waals surface area contributed by atoms with Crippen LogP contribution in [0.4, 0.5) is 5.69 Å². The highest BCUT2D eigenvalue weighted by molar-refractivity contribution is 6.06. The molecular weight excluding hydrogens is 294 g/mol. The highest BCUT2D eigenvalue weighted by Crippen LogP contribution is 2.31. The van der Waals surface area contributed by atoms with E-state index < -0.39 is 0 Å². The molecule has 0 saturated carbocycles. The summed E-state index contributed by atoms with van der Waals surface area (Å²) < 4.78 is 4.84. The van der Waals surface area contributed by atoms with Crippen LogP contribution >= 0.6 is 0 Å². The van der Waals surface area contributed by atoms with Crippen LogP contribution in [0.3, 0.4) is 0 Å². The average Bonchev–Trinajstić information content (AvgIpc) is 3.08. The fourth-order valence-electron chi connectivity index (χ4n) is 2.93. The minimum absolute atomic E-state index is 0.125. The monoisotopic (exact) mass is 313 g/mol. The predicted octanol–water partition coefficient (Wildman–Crippen LogP) is 2.35. The summed E-state index contributed by atoms with van der Waals surface area (Å²) in [5.41, 5.74) is 2.64. The van der Waals surface area contributed by atoms with Crippen LogP contribution in [-0.2, 0) is 17.6 Å². The molecule has 1 aromatic heterocycles. The molecule has 1 amide bonds. The number of fused-ring (bicyclic) bond motifs is 1. The smallest absolute Gasteiger partial charge is 0.338 e. The summed E-state index contributed by atoms with van der Waals surface area (Å²) in [6.45, 7) is 2.60. The van der Waals surface area contributed by atoms with E-state index in [0.29, 0.717) is 17.8 Å². The second kappa shape index (κ2) is 6.24. The normalized spacial score (nSPS) is 13.6. The SMILES string of the molecule is CCc1ncc(C(=O)N2CCCc3c(C(=O)OC)cccc32)[nH]1. The zero-order valence-corrected chi connectivity index (χ0v) is 13.3. The second-order valence-corrected chi connectivity index (χ2v) is 5.45. The Morgan fingerprint density at radius 3 is 2.91 bits per heavy atom. The Morgan fingerprint density at radius 2 is 2.22 bits per heavy atom. The third kappa shape index (κ3) is 2.72. The van der Waals surface area contributed by atoms with E-state index in [1.54, 1.807) is 23.2 Å². The van der Waals surface area contributed by atoms with Crippen LogP contribution < -0.4 is 4.90 Å². The van der Waals surface area contributed by atoms with Crippen molar-refractivity contribution in [1.29, 1.82) is 0 Å². The minimum atomic E-state index is -0.369. The predicted molar refractivity (Wildman–Crippen MR) is 85.7 cm³/mol. The summed E-state index contributed by atoms with van der Waals surface area (Å²) in [4.78, 5) is 33.7. The number of hydrogen-bond donors (Lipinski definition) is 1. The van der Waals surface area contributed by atoms with Gasteiger partial charge in [0, 0.05) is 18.7 Å². The minimum Gasteiger partial charge on any atom is -0.465 e. The Balaban J connectivity index is 1.98. The van der Waals surface area contributed by atoms with Gasteiger partial charge in [-0.15, -0.1) is 0 Å². The Labute approximate surface area is 134 Å². The van der Waals surface area contributed by atoms with Gasteiger partial charge in [-0.2, -0.15) is 0 Å². The maximum atomic E-state index is 12.8. The lowest BCUT2D eigenvalue weighted by atomic mass is 9.96. The highest BCUT2D eigenvalue weighted by Gasteiger charge is 2.27. The molecule has 1 aliphatic heterocycles. The van der Waals surface area contributed by atoms with Gasteiger partial charge in [0.1, 0.15) is 11.5 Å². The fourth-order valence-corrected chi connectivity index (χ4v) is 2.93. The summed E-state index contributed by atoms with van der Waals surface area (Å²) in [6, 6.07) is 5.39. The molecule has 0 spiro atoms. The zero-order valence-electron chi connectivity index (χ0n) is 13.3. The van der Waals surface area contributed by atoms with Crippen LogP contribution in [0.15, 0.2) is 24.4 Å². The van der Waals surface area contributed by atoms with Gasteiger partial charge in [0.2, 0.25) is 0 Å².